The zero-order valence-electron chi connectivity index (χ0n) is 10.4. The van der Waals surface area contributed by atoms with Crippen LogP contribution in [0.15, 0.2) is 17.6 Å². The number of hydrogen-bond acceptors (Lipinski definition) is 3. The molecule has 0 saturated carbocycles. The normalized spacial score (nSPS) is 20.6. The van der Waals surface area contributed by atoms with E-state index in [1.165, 1.54) is 18.2 Å². The summed E-state index contributed by atoms with van der Waals surface area (Å²) < 4.78 is 1.94. The fraction of sp³-hybridized carbons (Fsp3) is 0.667. The Balaban J connectivity index is 1.83. The summed E-state index contributed by atoms with van der Waals surface area (Å²) in [6.45, 7) is 4.05. The maximum absolute atomic E-state index is 12.0. The van der Waals surface area contributed by atoms with Gasteiger partial charge in [0.05, 0.1) is 5.75 Å². The predicted molar refractivity (Wildman–Crippen MR) is 68.9 cm³/mol. The number of piperidine rings is 1. The number of thioether (sulfide) groups is 1. The van der Waals surface area contributed by atoms with Crippen LogP contribution in [0.3, 0.4) is 0 Å². The Hall–Kier alpha value is -0.970. The van der Waals surface area contributed by atoms with Gasteiger partial charge in [-0.25, -0.2) is 4.98 Å². The van der Waals surface area contributed by atoms with E-state index in [-0.39, 0.29) is 5.91 Å². The average molecular weight is 253 g/mol. The molecule has 0 aliphatic carbocycles. The zero-order valence-corrected chi connectivity index (χ0v) is 11.2. The molecule has 1 aromatic heterocycles. The first-order chi connectivity index (χ1) is 8.16. The van der Waals surface area contributed by atoms with E-state index in [1.54, 1.807) is 6.20 Å². The third kappa shape index (κ3) is 3.25. The highest BCUT2D eigenvalue weighted by Gasteiger charge is 2.21. The fourth-order valence-electron chi connectivity index (χ4n) is 2.12. The molecule has 1 aliphatic rings. The Morgan fingerprint density at radius 2 is 2.47 bits per heavy atom. The SMILES string of the molecule is CC1CCCN(C(=O)CSc2nccn2C)C1. The van der Waals surface area contributed by atoms with Crippen LogP contribution in [0.25, 0.3) is 0 Å². The van der Waals surface area contributed by atoms with Gasteiger partial charge in [0.1, 0.15) is 0 Å². The molecular weight excluding hydrogens is 234 g/mol. The lowest BCUT2D eigenvalue weighted by Crippen LogP contribution is -2.40. The second-order valence-electron chi connectivity index (χ2n) is 4.70. The Kier molecular flexibility index (Phi) is 4.10. The van der Waals surface area contributed by atoms with Gasteiger partial charge >= 0.3 is 0 Å². The highest BCUT2D eigenvalue weighted by atomic mass is 32.2. The predicted octanol–water partition coefficient (Wildman–Crippen LogP) is 1.77. The molecule has 17 heavy (non-hydrogen) atoms. The molecular formula is C12H19N3OS. The molecule has 1 aromatic rings. The van der Waals surface area contributed by atoms with Crippen molar-refractivity contribution in [3.63, 3.8) is 0 Å². The van der Waals surface area contributed by atoms with Crippen LogP contribution < -0.4 is 0 Å². The number of aromatic nitrogens is 2. The molecule has 1 aliphatic heterocycles. The lowest BCUT2D eigenvalue weighted by atomic mass is 10.0. The fourth-order valence-corrected chi connectivity index (χ4v) is 2.96. The van der Waals surface area contributed by atoms with Crippen molar-refractivity contribution in [3.05, 3.63) is 12.4 Å². The van der Waals surface area contributed by atoms with Crippen LogP contribution in [0.2, 0.25) is 0 Å². The summed E-state index contributed by atoms with van der Waals surface area (Å²) in [7, 11) is 1.95. The molecule has 5 heteroatoms. The Morgan fingerprint density at radius 1 is 1.65 bits per heavy atom. The van der Waals surface area contributed by atoms with Gasteiger partial charge in [0.25, 0.3) is 0 Å². The van der Waals surface area contributed by atoms with Crippen molar-refractivity contribution < 1.29 is 4.79 Å². The number of likely N-dealkylation sites (tertiary alicyclic amines) is 1. The Labute approximate surface area is 106 Å². The molecule has 2 rings (SSSR count). The van der Waals surface area contributed by atoms with Crippen molar-refractivity contribution in [2.45, 2.75) is 24.9 Å². The number of imidazole rings is 1. The van der Waals surface area contributed by atoms with Gasteiger partial charge in [0, 0.05) is 32.5 Å². The summed E-state index contributed by atoms with van der Waals surface area (Å²) in [4.78, 5) is 18.2. The van der Waals surface area contributed by atoms with Crippen molar-refractivity contribution in [1.82, 2.24) is 14.5 Å². The van der Waals surface area contributed by atoms with Crippen LogP contribution in [0, 0.1) is 5.92 Å². The number of carbonyl (C=O) groups excluding carboxylic acids is 1. The molecule has 4 nitrogen and oxygen atoms in total. The van der Waals surface area contributed by atoms with Crippen molar-refractivity contribution in [2.75, 3.05) is 18.8 Å². The van der Waals surface area contributed by atoms with Gasteiger partial charge in [-0.1, -0.05) is 18.7 Å². The quantitative estimate of drug-likeness (QED) is 0.771. The summed E-state index contributed by atoms with van der Waals surface area (Å²) in [6, 6.07) is 0. The molecule has 2 heterocycles. The maximum Gasteiger partial charge on any atom is 0.233 e. The monoisotopic (exact) mass is 253 g/mol. The number of aryl methyl sites for hydroxylation is 1. The Bertz CT molecular complexity index is 391. The number of nitrogens with zero attached hydrogens (tertiary/aromatic N) is 3. The molecule has 0 N–H and O–H groups in total. The first-order valence-corrected chi connectivity index (χ1v) is 7.03. The number of carbonyl (C=O) groups is 1. The van der Waals surface area contributed by atoms with Gasteiger partial charge in [-0.2, -0.15) is 0 Å². The largest absolute Gasteiger partial charge is 0.342 e. The van der Waals surface area contributed by atoms with E-state index in [2.05, 4.69) is 11.9 Å². The molecule has 1 fully saturated rings. The van der Waals surface area contributed by atoms with Crippen molar-refractivity contribution in [3.8, 4) is 0 Å². The molecule has 1 saturated heterocycles. The van der Waals surface area contributed by atoms with Crippen molar-refractivity contribution >= 4 is 17.7 Å². The van der Waals surface area contributed by atoms with Crippen molar-refractivity contribution in [1.29, 1.82) is 0 Å². The summed E-state index contributed by atoms with van der Waals surface area (Å²) >= 11 is 1.52. The van der Waals surface area contributed by atoms with Gasteiger partial charge < -0.3 is 9.47 Å². The van der Waals surface area contributed by atoms with E-state index >= 15 is 0 Å². The number of rotatable bonds is 3. The van der Waals surface area contributed by atoms with Crippen LogP contribution in [-0.4, -0.2) is 39.2 Å². The van der Waals surface area contributed by atoms with E-state index in [1.807, 2.05) is 22.7 Å². The second kappa shape index (κ2) is 5.58. The van der Waals surface area contributed by atoms with E-state index < -0.39 is 0 Å². The minimum atomic E-state index is 0.240. The lowest BCUT2D eigenvalue weighted by Gasteiger charge is -2.30. The lowest BCUT2D eigenvalue weighted by molar-refractivity contribution is -0.130. The summed E-state index contributed by atoms with van der Waals surface area (Å²) in [5.41, 5.74) is 0. The molecule has 0 radical (unpaired) electrons. The molecule has 0 spiro atoms. The van der Waals surface area contributed by atoms with Crippen molar-refractivity contribution in [2.24, 2.45) is 13.0 Å². The standard InChI is InChI=1S/C12H19N3OS/c1-10-4-3-6-15(8-10)11(16)9-17-12-13-5-7-14(12)2/h5,7,10H,3-4,6,8-9H2,1-2H3. The van der Waals surface area contributed by atoms with Crippen LogP contribution >= 0.6 is 11.8 Å². The average Bonchev–Trinajstić information content (AvgIpc) is 2.72. The van der Waals surface area contributed by atoms with Crippen LogP contribution in [-0.2, 0) is 11.8 Å². The molecule has 0 bridgehead atoms. The topological polar surface area (TPSA) is 38.1 Å². The van der Waals surface area contributed by atoms with E-state index in [9.17, 15) is 4.79 Å². The van der Waals surface area contributed by atoms with E-state index in [4.69, 9.17) is 0 Å². The van der Waals surface area contributed by atoms with Gasteiger partial charge in [-0.3, -0.25) is 4.79 Å². The van der Waals surface area contributed by atoms with Crippen LogP contribution in [0.1, 0.15) is 19.8 Å². The van der Waals surface area contributed by atoms with Gasteiger partial charge in [0.2, 0.25) is 5.91 Å². The third-order valence-electron chi connectivity index (χ3n) is 3.11. The summed E-state index contributed by atoms with van der Waals surface area (Å²) in [5.74, 6) is 1.38. The maximum atomic E-state index is 12.0. The minimum absolute atomic E-state index is 0.240. The highest BCUT2D eigenvalue weighted by molar-refractivity contribution is 7.99. The molecule has 1 atom stereocenters. The first-order valence-electron chi connectivity index (χ1n) is 6.04. The third-order valence-corrected chi connectivity index (χ3v) is 4.15. The summed E-state index contributed by atoms with van der Waals surface area (Å²) in [6.07, 6.45) is 6.04. The first kappa shape index (κ1) is 12.5. The minimum Gasteiger partial charge on any atom is -0.342 e. The second-order valence-corrected chi connectivity index (χ2v) is 5.64. The zero-order chi connectivity index (χ0) is 12.3. The molecule has 1 amide bonds. The van der Waals surface area contributed by atoms with Gasteiger partial charge in [0.15, 0.2) is 5.16 Å². The molecule has 0 aromatic carbocycles. The Morgan fingerprint density at radius 3 is 3.12 bits per heavy atom. The number of amides is 1. The number of hydrogen-bond donors (Lipinski definition) is 0. The van der Waals surface area contributed by atoms with E-state index in [0.717, 1.165) is 24.7 Å². The van der Waals surface area contributed by atoms with Gasteiger partial charge in [-0.15, -0.1) is 0 Å². The van der Waals surface area contributed by atoms with Crippen LogP contribution in [0.5, 0.6) is 0 Å². The highest BCUT2D eigenvalue weighted by Crippen LogP contribution is 2.19. The van der Waals surface area contributed by atoms with E-state index in [0.29, 0.717) is 11.7 Å². The van der Waals surface area contributed by atoms with Gasteiger partial charge in [-0.05, 0) is 18.8 Å². The smallest absolute Gasteiger partial charge is 0.233 e. The van der Waals surface area contributed by atoms with Crippen LogP contribution in [0.4, 0.5) is 0 Å². The molecule has 94 valence electrons. The summed E-state index contributed by atoms with van der Waals surface area (Å²) in [5, 5.41) is 0.906. The molecule has 1 unspecified atom stereocenters.